The third kappa shape index (κ3) is 5.19. The third-order valence-electron chi connectivity index (χ3n) is 6.72. The molecule has 0 aliphatic rings. The summed E-state index contributed by atoms with van der Waals surface area (Å²) in [5.41, 5.74) is -0.421. The SMILES string of the molecule is CNS(=O)(=O)c1cccc2c1c(=O)n(-c1ccc(C(F)(F)F)cc1)c1ccc(C(=O)N[C@@H](C)c3ccccn3)cc21. The summed E-state index contributed by atoms with van der Waals surface area (Å²) in [6.45, 7) is 1.77. The molecule has 0 radical (unpaired) electrons. The highest BCUT2D eigenvalue weighted by Crippen LogP contribution is 2.32. The molecule has 210 valence electrons. The van der Waals surface area contributed by atoms with Gasteiger partial charge in [0.15, 0.2) is 0 Å². The van der Waals surface area contributed by atoms with Crippen LogP contribution in [0.25, 0.3) is 27.4 Å². The maximum absolute atomic E-state index is 13.9. The number of benzene rings is 3. The highest BCUT2D eigenvalue weighted by atomic mass is 32.2. The number of carbonyl (C=O) groups excluding carboxylic acids is 1. The summed E-state index contributed by atoms with van der Waals surface area (Å²) in [6.07, 6.45) is -2.98. The van der Waals surface area contributed by atoms with Gasteiger partial charge in [0.25, 0.3) is 11.5 Å². The summed E-state index contributed by atoms with van der Waals surface area (Å²) in [6, 6.07) is 17.7. The molecular weight excluding hydrogens is 557 g/mol. The van der Waals surface area contributed by atoms with E-state index >= 15 is 0 Å². The molecule has 12 heteroatoms. The Hall–Kier alpha value is -4.55. The summed E-state index contributed by atoms with van der Waals surface area (Å²) >= 11 is 0. The predicted octanol–water partition coefficient (Wildman–Crippen LogP) is 4.96. The lowest BCUT2D eigenvalue weighted by molar-refractivity contribution is -0.137. The molecule has 0 unspecified atom stereocenters. The first kappa shape index (κ1) is 28.0. The monoisotopic (exact) mass is 580 g/mol. The second kappa shape index (κ2) is 10.5. The molecule has 0 saturated heterocycles. The maximum Gasteiger partial charge on any atom is 0.416 e. The zero-order chi connectivity index (χ0) is 29.5. The molecule has 0 aliphatic heterocycles. The average Bonchev–Trinajstić information content (AvgIpc) is 2.97. The van der Waals surface area contributed by atoms with Crippen LogP contribution in [0, 0.1) is 0 Å². The maximum atomic E-state index is 13.9. The van der Waals surface area contributed by atoms with Gasteiger partial charge in [0.1, 0.15) is 0 Å². The Balaban J connectivity index is 1.76. The minimum Gasteiger partial charge on any atom is -0.344 e. The Kier molecular flexibility index (Phi) is 7.14. The van der Waals surface area contributed by atoms with Gasteiger partial charge < -0.3 is 5.32 Å². The molecule has 2 N–H and O–H groups in total. The van der Waals surface area contributed by atoms with E-state index in [4.69, 9.17) is 0 Å². The van der Waals surface area contributed by atoms with Gasteiger partial charge in [-0.05, 0) is 80.0 Å². The van der Waals surface area contributed by atoms with E-state index in [1.807, 2.05) is 0 Å². The third-order valence-corrected chi connectivity index (χ3v) is 8.18. The minimum atomic E-state index is -4.59. The van der Waals surface area contributed by atoms with Gasteiger partial charge in [0.2, 0.25) is 10.0 Å². The molecule has 0 saturated carbocycles. The molecule has 0 fully saturated rings. The zero-order valence-corrected chi connectivity index (χ0v) is 22.5. The summed E-state index contributed by atoms with van der Waals surface area (Å²) < 4.78 is 68.8. The number of fused-ring (bicyclic) bond motifs is 3. The number of aromatic nitrogens is 2. The van der Waals surface area contributed by atoms with Crippen LogP contribution in [0.1, 0.15) is 34.6 Å². The number of nitrogens with one attached hydrogen (secondary N) is 2. The number of alkyl halides is 3. The Morgan fingerprint density at radius 1 is 0.951 bits per heavy atom. The molecule has 5 rings (SSSR count). The summed E-state index contributed by atoms with van der Waals surface area (Å²) in [7, 11) is -2.91. The number of pyridine rings is 2. The molecule has 8 nitrogen and oxygen atoms in total. The molecule has 5 aromatic rings. The van der Waals surface area contributed by atoms with Gasteiger partial charge in [-0.15, -0.1) is 0 Å². The van der Waals surface area contributed by atoms with E-state index in [2.05, 4.69) is 15.0 Å². The molecular formula is C29H23F3N4O4S. The molecule has 3 aromatic carbocycles. The summed E-state index contributed by atoms with van der Waals surface area (Å²) in [5, 5.41) is 3.31. The quantitative estimate of drug-likeness (QED) is 0.276. The lowest BCUT2D eigenvalue weighted by Gasteiger charge is -2.17. The van der Waals surface area contributed by atoms with Crippen LogP contribution in [0.2, 0.25) is 0 Å². The number of carbonyl (C=O) groups is 1. The number of hydrogen-bond donors (Lipinski definition) is 2. The Labute approximate surface area is 232 Å². The first-order chi connectivity index (χ1) is 19.4. The average molecular weight is 581 g/mol. The molecule has 1 amide bonds. The fourth-order valence-electron chi connectivity index (χ4n) is 4.66. The van der Waals surface area contributed by atoms with E-state index in [0.717, 1.165) is 28.8 Å². The number of sulfonamides is 1. The van der Waals surface area contributed by atoms with Crippen LogP contribution in [-0.4, -0.2) is 30.9 Å². The Morgan fingerprint density at radius 2 is 1.68 bits per heavy atom. The predicted molar refractivity (Wildman–Crippen MR) is 148 cm³/mol. The number of nitrogens with zero attached hydrogens (tertiary/aromatic N) is 2. The second-order valence-corrected chi connectivity index (χ2v) is 11.1. The normalized spacial score (nSPS) is 12.9. The van der Waals surface area contributed by atoms with E-state index in [1.165, 1.54) is 37.4 Å². The van der Waals surface area contributed by atoms with Gasteiger partial charge in [0, 0.05) is 22.8 Å². The highest BCUT2D eigenvalue weighted by molar-refractivity contribution is 7.89. The Bertz CT molecular complexity index is 1960. The molecule has 41 heavy (non-hydrogen) atoms. The molecule has 0 spiro atoms. The van der Waals surface area contributed by atoms with Crippen molar-refractivity contribution in [2.75, 3.05) is 7.05 Å². The summed E-state index contributed by atoms with van der Waals surface area (Å²) in [5.74, 6) is -0.440. The van der Waals surface area contributed by atoms with Crippen LogP contribution in [-0.2, 0) is 16.2 Å². The lowest BCUT2D eigenvalue weighted by Crippen LogP contribution is -2.27. The molecule has 2 heterocycles. The topological polar surface area (TPSA) is 110 Å². The fourth-order valence-corrected chi connectivity index (χ4v) is 5.60. The molecule has 0 bridgehead atoms. The second-order valence-electron chi connectivity index (χ2n) is 9.25. The van der Waals surface area contributed by atoms with Crippen molar-refractivity contribution in [2.24, 2.45) is 0 Å². The van der Waals surface area contributed by atoms with Crippen molar-refractivity contribution in [3.05, 3.63) is 112 Å². The van der Waals surface area contributed by atoms with Gasteiger partial charge >= 0.3 is 6.18 Å². The van der Waals surface area contributed by atoms with Crippen molar-refractivity contribution in [2.45, 2.75) is 24.0 Å². The van der Waals surface area contributed by atoms with Crippen molar-refractivity contribution in [1.82, 2.24) is 19.6 Å². The van der Waals surface area contributed by atoms with Gasteiger partial charge in [0.05, 0.1) is 33.1 Å². The van der Waals surface area contributed by atoms with Gasteiger partial charge in [-0.3, -0.25) is 19.1 Å². The lowest BCUT2D eigenvalue weighted by atomic mass is 10.0. The first-order valence-electron chi connectivity index (χ1n) is 12.4. The highest BCUT2D eigenvalue weighted by Gasteiger charge is 2.30. The standard InChI is InChI=1S/C29H23F3N4O4S/c1-17(23-7-3-4-15-34-23)35-27(37)18-9-14-24-22(16-18)21-6-5-8-25(41(39,40)33-2)26(21)28(38)36(24)20-12-10-19(11-13-20)29(30,31)32/h3-17,33H,1-2H3,(H,35,37)/t17-/m0/s1. The molecule has 1 atom stereocenters. The minimum absolute atomic E-state index is 0.0903. The first-order valence-corrected chi connectivity index (χ1v) is 13.8. The number of rotatable bonds is 6. The van der Waals surface area contributed by atoms with Crippen molar-refractivity contribution < 1.29 is 26.4 Å². The van der Waals surface area contributed by atoms with E-state index < -0.39 is 39.3 Å². The largest absolute Gasteiger partial charge is 0.416 e. The van der Waals surface area contributed by atoms with Gasteiger partial charge in [-0.2, -0.15) is 13.2 Å². The van der Waals surface area contributed by atoms with Crippen molar-refractivity contribution >= 4 is 37.6 Å². The van der Waals surface area contributed by atoms with Crippen molar-refractivity contribution in [3.63, 3.8) is 0 Å². The van der Waals surface area contributed by atoms with Crippen LogP contribution in [0.15, 0.2) is 94.7 Å². The van der Waals surface area contributed by atoms with E-state index in [1.54, 1.807) is 37.4 Å². The van der Waals surface area contributed by atoms with Crippen molar-refractivity contribution in [1.29, 1.82) is 0 Å². The smallest absolute Gasteiger partial charge is 0.344 e. The molecule has 2 aromatic heterocycles. The number of halogens is 3. The van der Waals surface area contributed by atoms with E-state index in [0.29, 0.717) is 11.1 Å². The van der Waals surface area contributed by atoms with Crippen LogP contribution < -0.4 is 15.6 Å². The molecule has 0 aliphatic carbocycles. The van der Waals surface area contributed by atoms with Crippen LogP contribution in [0.3, 0.4) is 0 Å². The van der Waals surface area contributed by atoms with Crippen LogP contribution >= 0.6 is 0 Å². The van der Waals surface area contributed by atoms with E-state index in [-0.39, 0.29) is 32.4 Å². The van der Waals surface area contributed by atoms with Crippen molar-refractivity contribution in [3.8, 4) is 5.69 Å². The zero-order valence-electron chi connectivity index (χ0n) is 21.7. The van der Waals surface area contributed by atoms with Gasteiger partial charge in [-0.25, -0.2) is 13.1 Å². The van der Waals surface area contributed by atoms with Crippen LogP contribution in [0.4, 0.5) is 13.2 Å². The van der Waals surface area contributed by atoms with Crippen LogP contribution in [0.5, 0.6) is 0 Å². The summed E-state index contributed by atoms with van der Waals surface area (Å²) in [4.78, 5) is 31.1. The number of hydrogen-bond acceptors (Lipinski definition) is 5. The fraction of sp³-hybridized carbons (Fsp3) is 0.138. The number of amides is 1. The van der Waals surface area contributed by atoms with E-state index in [9.17, 15) is 31.2 Å². The van der Waals surface area contributed by atoms with Gasteiger partial charge in [-0.1, -0.05) is 18.2 Å². The Morgan fingerprint density at radius 3 is 2.32 bits per heavy atom.